The highest BCUT2D eigenvalue weighted by Gasteiger charge is 2.41. The Labute approximate surface area is 100 Å². The Morgan fingerprint density at radius 1 is 1.38 bits per heavy atom. The van der Waals surface area contributed by atoms with E-state index in [4.69, 9.17) is 4.74 Å². The number of rotatable bonds is 8. The van der Waals surface area contributed by atoms with Crippen LogP contribution in [0.5, 0.6) is 0 Å². The summed E-state index contributed by atoms with van der Waals surface area (Å²) < 4.78 is 6.11. The van der Waals surface area contributed by atoms with Gasteiger partial charge in [0.15, 0.2) is 0 Å². The van der Waals surface area contributed by atoms with Crippen molar-refractivity contribution < 1.29 is 4.74 Å². The maximum absolute atomic E-state index is 6.11. The standard InChI is InChI=1S/C14H27NO/c1-4-7-10-13(15-5-2)14(16-6-3)11-8-9-12-14/h4,13,15H,1,5-12H2,2-3H3. The summed E-state index contributed by atoms with van der Waals surface area (Å²) in [6, 6.07) is 0.498. The molecule has 0 aliphatic heterocycles. The van der Waals surface area contributed by atoms with E-state index in [1.54, 1.807) is 0 Å². The first kappa shape index (κ1) is 13.7. The van der Waals surface area contributed by atoms with Gasteiger partial charge in [-0.1, -0.05) is 25.8 Å². The van der Waals surface area contributed by atoms with Gasteiger partial charge in [0.2, 0.25) is 0 Å². The number of hydrogen-bond donors (Lipinski definition) is 1. The fourth-order valence-electron chi connectivity index (χ4n) is 2.94. The van der Waals surface area contributed by atoms with Crippen LogP contribution in [0.15, 0.2) is 12.7 Å². The van der Waals surface area contributed by atoms with Crippen LogP contribution < -0.4 is 5.32 Å². The summed E-state index contributed by atoms with van der Waals surface area (Å²) in [5.41, 5.74) is 0.105. The Morgan fingerprint density at radius 3 is 2.56 bits per heavy atom. The smallest absolute Gasteiger partial charge is 0.0834 e. The van der Waals surface area contributed by atoms with Crippen molar-refractivity contribution in [3.63, 3.8) is 0 Å². The predicted octanol–water partition coefficient (Wildman–Crippen LogP) is 3.28. The van der Waals surface area contributed by atoms with Gasteiger partial charge in [-0.25, -0.2) is 0 Å². The Bertz CT molecular complexity index is 197. The second-order valence-electron chi connectivity index (χ2n) is 4.68. The van der Waals surface area contributed by atoms with Gasteiger partial charge in [-0.2, -0.15) is 0 Å². The molecule has 94 valence electrons. The molecule has 1 saturated carbocycles. The van der Waals surface area contributed by atoms with Gasteiger partial charge in [0.1, 0.15) is 0 Å². The molecule has 1 rings (SSSR count). The Morgan fingerprint density at radius 2 is 2.06 bits per heavy atom. The van der Waals surface area contributed by atoms with Gasteiger partial charge < -0.3 is 10.1 Å². The van der Waals surface area contributed by atoms with Gasteiger partial charge in [0, 0.05) is 12.6 Å². The molecule has 16 heavy (non-hydrogen) atoms. The summed E-state index contributed by atoms with van der Waals surface area (Å²) >= 11 is 0. The molecule has 0 aromatic rings. The summed E-state index contributed by atoms with van der Waals surface area (Å²) in [6.45, 7) is 9.96. The van der Waals surface area contributed by atoms with Crippen LogP contribution in [0.1, 0.15) is 52.4 Å². The molecule has 0 spiro atoms. The lowest BCUT2D eigenvalue weighted by Gasteiger charge is -2.38. The maximum atomic E-state index is 6.11. The lowest BCUT2D eigenvalue weighted by Crippen LogP contribution is -2.51. The summed E-state index contributed by atoms with van der Waals surface area (Å²) in [4.78, 5) is 0. The van der Waals surface area contributed by atoms with Crippen molar-refractivity contribution in [3.8, 4) is 0 Å². The lowest BCUT2D eigenvalue weighted by atomic mass is 9.88. The van der Waals surface area contributed by atoms with Crippen LogP contribution in [0.2, 0.25) is 0 Å². The summed E-state index contributed by atoms with van der Waals surface area (Å²) in [7, 11) is 0. The SMILES string of the molecule is C=CCCC(NCC)C1(OCC)CCCC1. The van der Waals surface area contributed by atoms with Crippen molar-refractivity contribution in [1.29, 1.82) is 0 Å². The van der Waals surface area contributed by atoms with E-state index in [1.807, 2.05) is 6.08 Å². The highest BCUT2D eigenvalue weighted by Crippen LogP contribution is 2.37. The molecule has 0 saturated heterocycles. The fraction of sp³-hybridized carbons (Fsp3) is 0.857. The van der Waals surface area contributed by atoms with E-state index in [0.29, 0.717) is 6.04 Å². The number of nitrogens with one attached hydrogen (secondary N) is 1. The number of allylic oxidation sites excluding steroid dienone is 1. The van der Waals surface area contributed by atoms with Crippen molar-refractivity contribution in [2.75, 3.05) is 13.2 Å². The minimum atomic E-state index is 0.105. The van der Waals surface area contributed by atoms with Crippen LogP contribution >= 0.6 is 0 Å². The summed E-state index contributed by atoms with van der Waals surface area (Å²) in [5, 5.41) is 3.61. The van der Waals surface area contributed by atoms with E-state index < -0.39 is 0 Å². The van der Waals surface area contributed by atoms with Crippen molar-refractivity contribution in [2.45, 2.75) is 64.0 Å². The summed E-state index contributed by atoms with van der Waals surface area (Å²) in [6.07, 6.45) is 9.31. The van der Waals surface area contributed by atoms with E-state index in [2.05, 4.69) is 25.7 Å². The molecule has 0 radical (unpaired) electrons. The van der Waals surface area contributed by atoms with Gasteiger partial charge in [-0.3, -0.25) is 0 Å². The van der Waals surface area contributed by atoms with Crippen LogP contribution in [0.4, 0.5) is 0 Å². The van der Waals surface area contributed by atoms with E-state index in [1.165, 1.54) is 25.7 Å². The Hall–Kier alpha value is -0.340. The zero-order valence-corrected chi connectivity index (χ0v) is 10.9. The molecular formula is C14H27NO. The van der Waals surface area contributed by atoms with Gasteiger partial charge in [0.25, 0.3) is 0 Å². The molecule has 1 atom stereocenters. The third kappa shape index (κ3) is 3.33. The zero-order valence-electron chi connectivity index (χ0n) is 10.9. The van der Waals surface area contributed by atoms with Crippen molar-refractivity contribution in [2.24, 2.45) is 0 Å². The molecule has 0 heterocycles. The van der Waals surface area contributed by atoms with Crippen LogP contribution in [0.25, 0.3) is 0 Å². The first-order chi connectivity index (χ1) is 7.79. The monoisotopic (exact) mass is 225 g/mol. The Kier molecular flexibility index (Phi) is 6.07. The van der Waals surface area contributed by atoms with Gasteiger partial charge in [-0.15, -0.1) is 6.58 Å². The molecule has 2 heteroatoms. The third-order valence-electron chi connectivity index (χ3n) is 3.63. The van der Waals surface area contributed by atoms with Crippen LogP contribution in [-0.2, 0) is 4.74 Å². The maximum Gasteiger partial charge on any atom is 0.0834 e. The minimum absolute atomic E-state index is 0.105. The largest absolute Gasteiger partial charge is 0.374 e. The minimum Gasteiger partial charge on any atom is -0.374 e. The average molecular weight is 225 g/mol. The summed E-state index contributed by atoms with van der Waals surface area (Å²) in [5.74, 6) is 0. The molecule has 0 aromatic carbocycles. The van der Waals surface area contributed by atoms with Crippen molar-refractivity contribution >= 4 is 0 Å². The zero-order chi connectivity index (χ0) is 11.9. The average Bonchev–Trinajstić information content (AvgIpc) is 2.74. The van der Waals surface area contributed by atoms with Gasteiger partial charge in [0.05, 0.1) is 5.60 Å². The van der Waals surface area contributed by atoms with Crippen LogP contribution in [0.3, 0.4) is 0 Å². The molecule has 1 aliphatic rings. The molecule has 1 aliphatic carbocycles. The first-order valence-electron chi connectivity index (χ1n) is 6.77. The highest BCUT2D eigenvalue weighted by atomic mass is 16.5. The number of likely N-dealkylation sites (N-methyl/N-ethyl adjacent to an activating group) is 1. The van der Waals surface area contributed by atoms with Gasteiger partial charge in [-0.05, 0) is 39.2 Å². The number of hydrogen-bond acceptors (Lipinski definition) is 2. The molecule has 1 N–H and O–H groups in total. The second kappa shape index (κ2) is 7.08. The van der Waals surface area contributed by atoms with E-state index in [9.17, 15) is 0 Å². The van der Waals surface area contributed by atoms with Gasteiger partial charge >= 0.3 is 0 Å². The number of ether oxygens (including phenoxy) is 1. The van der Waals surface area contributed by atoms with Crippen molar-refractivity contribution in [1.82, 2.24) is 5.32 Å². The second-order valence-corrected chi connectivity index (χ2v) is 4.68. The van der Waals surface area contributed by atoms with E-state index in [0.717, 1.165) is 26.0 Å². The molecule has 1 unspecified atom stereocenters. The molecule has 1 fully saturated rings. The predicted molar refractivity (Wildman–Crippen MR) is 69.7 cm³/mol. The van der Waals surface area contributed by atoms with E-state index in [-0.39, 0.29) is 5.60 Å². The molecule has 0 amide bonds. The van der Waals surface area contributed by atoms with Crippen LogP contribution in [0, 0.1) is 0 Å². The third-order valence-corrected chi connectivity index (χ3v) is 3.63. The quantitative estimate of drug-likeness (QED) is 0.640. The Balaban J connectivity index is 2.65. The first-order valence-corrected chi connectivity index (χ1v) is 6.77. The fourth-order valence-corrected chi connectivity index (χ4v) is 2.94. The van der Waals surface area contributed by atoms with E-state index >= 15 is 0 Å². The highest BCUT2D eigenvalue weighted by molar-refractivity contribution is 4.97. The molecule has 0 bridgehead atoms. The molecular weight excluding hydrogens is 198 g/mol. The van der Waals surface area contributed by atoms with Crippen molar-refractivity contribution in [3.05, 3.63) is 12.7 Å². The normalized spacial score (nSPS) is 20.9. The lowest BCUT2D eigenvalue weighted by molar-refractivity contribution is -0.0626. The molecule has 2 nitrogen and oxygen atoms in total. The topological polar surface area (TPSA) is 21.3 Å². The molecule has 0 aromatic heterocycles. The van der Waals surface area contributed by atoms with Crippen LogP contribution in [-0.4, -0.2) is 24.8 Å².